The van der Waals surface area contributed by atoms with Crippen molar-refractivity contribution in [3.8, 4) is 5.88 Å². The Hall–Kier alpha value is -2.50. The molecule has 0 spiro atoms. The van der Waals surface area contributed by atoms with Gasteiger partial charge in [0.15, 0.2) is 0 Å². The summed E-state index contributed by atoms with van der Waals surface area (Å²) >= 11 is 0. The van der Waals surface area contributed by atoms with Crippen LogP contribution in [0.2, 0.25) is 0 Å². The van der Waals surface area contributed by atoms with E-state index in [4.69, 9.17) is 9.47 Å². The summed E-state index contributed by atoms with van der Waals surface area (Å²) in [4.78, 5) is 24.3. The summed E-state index contributed by atoms with van der Waals surface area (Å²) in [5.41, 5.74) is 1.80. The third kappa shape index (κ3) is 11.1. The van der Waals surface area contributed by atoms with Crippen molar-refractivity contribution < 1.29 is 19.1 Å². The second-order valence-electron chi connectivity index (χ2n) is 10.6. The Morgan fingerprint density at radius 1 is 0.816 bits per heavy atom. The average molecular weight is 529 g/mol. The molecule has 1 atom stereocenters. The maximum absolute atomic E-state index is 12.2. The van der Waals surface area contributed by atoms with Crippen molar-refractivity contribution in [1.29, 1.82) is 0 Å². The Morgan fingerprint density at radius 3 is 1.87 bits per heavy atom. The summed E-state index contributed by atoms with van der Waals surface area (Å²) in [6.45, 7) is 5.80. The minimum Gasteiger partial charge on any atom is -0.434 e. The fourth-order valence-electron chi connectivity index (χ4n) is 5.34. The molecule has 2 aromatic rings. The summed E-state index contributed by atoms with van der Waals surface area (Å²) in [5, 5.41) is 4.09. The number of benzene rings is 1. The first kappa shape index (κ1) is 31.7. The van der Waals surface area contributed by atoms with E-state index in [2.05, 4.69) is 12.2 Å². The first-order valence-corrected chi connectivity index (χ1v) is 15.2. The van der Waals surface area contributed by atoms with Gasteiger partial charge in [-0.25, -0.2) is 4.79 Å². The lowest BCUT2D eigenvalue weighted by atomic mass is 9.98. The Labute approximate surface area is 230 Å². The predicted octanol–water partition coefficient (Wildman–Crippen LogP) is 9.15. The molecule has 0 aliphatic rings. The standard InChI is InChI=1S/C32H52N2O4/c1-5-7-8-9-10-11-12-13-14-15-16-17-18-19-20-24-28(33-26(3)35)30-27-23-21-22-25-29(27)34(4)31(30)38-32(36)37-6-2/h21-23,25,28H,5-20,24H2,1-4H3,(H,33,35). The van der Waals surface area contributed by atoms with Gasteiger partial charge in [-0.15, -0.1) is 0 Å². The van der Waals surface area contributed by atoms with Crippen molar-refractivity contribution in [2.45, 2.75) is 130 Å². The average Bonchev–Trinajstić information content (AvgIpc) is 3.16. The number of nitrogens with zero attached hydrogens (tertiary/aromatic N) is 1. The van der Waals surface area contributed by atoms with E-state index >= 15 is 0 Å². The SMILES string of the molecule is CCCCCCCCCCCCCCCCCC(NC(C)=O)c1c(OC(=O)OCC)n(C)c2ccccc12. The molecular formula is C32H52N2O4. The summed E-state index contributed by atoms with van der Waals surface area (Å²) < 4.78 is 12.5. The van der Waals surface area contributed by atoms with Gasteiger partial charge in [0, 0.05) is 24.9 Å². The molecular weight excluding hydrogens is 476 g/mol. The van der Waals surface area contributed by atoms with Gasteiger partial charge >= 0.3 is 6.16 Å². The van der Waals surface area contributed by atoms with Crippen molar-refractivity contribution in [3.05, 3.63) is 29.8 Å². The van der Waals surface area contributed by atoms with Gasteiger partial charge in [-0.1, -0.05) is 121 Å². The van der Waals surface area contributed by atoms with Crippen LogP contribution >= 0.6 is 0 Å². The molecule has 1 heterocycles. The zero-order chi connectivity index (χ0) is 27.6. The van der Waals surface area contributed by atoms with Crippen LogP contribution in [0.3, 0.4) is 0 Å². The van der Waals surface area contributed by atoms with E-state index in [-0.39, 0.29) is 18.6 Å². The molecule has 0 fully saturated rings. The van der Waals surface area contributed by atoms with E-state index in [1.54, 1.807) is 6.92 Å². The quantitative estimate of drug-likeness (QED) is 0.137. The number of amides is 1. The third-order valence-electron chi connectivity index (χ3n) is 7.36. The number of aryl methyl sites for hydroxylation is 1. The smallest absolute Gasteiger partial charge is 0.434 e. The van der Waals surface area contributed by atoms with E-state index in [1.165, 1.54) is 90.4 Å². The number of ether oxygens (including phenoxy) is 2. The topological polar surface area (TPSA) is 69.6 Å². The molecule has 1 unspecified atom stereocenters. The molecule has 0 saturated heterocycles. The number of fused-ring (bicyclic) bond motifs is 1. The van der Waals surface area contributed by atoms with Gasteiger partial charge in [-0.05, 0) is 19.4 Å². The Bertz CT molecular complexity index is 952. The van der Waals surface area contributed by atoms with Gasteiger partial charge < -0.3 is 19.4 Å². The number of carbonyl (C=O) groups excluding carboxylic acids is 2. The van der Waals surface area contributed by atoms with Crippen LogP contribution in [0.1, 0.15) is 135 Å². The van der Waals surface area contributed by atoms with Crippen LogP contribution in [0.15, 0.2) is 24.3 Å². The molecule has 0 aliphatic carbocycles. The van der Waals surface area contributed by atoms with Crippen molar-refractivity contribution in [3.63, 3.8) is 0 Å². The minimum absolute atomic E-state index is 0.0917. The number of hydrogen-bond acceptors (Lipinski definition) is 4. The zero-order valence-electron chi connectivity index (χ0n) is 24.5. The maximum Gasteiger partial charge on any atom is 0.515 e. The lowest BCUT2D eigenvalue weighted by Crippen LogP contribution is -2.27. The first-order chi connectivity index (χ1) is 18.5. The fourth-order valence-corrected chi connectivity index (χ4v) is 5.34. The van der Waals surface area contributed by atoms with E-state index in [1.807, 2.05) is 35.9 Å². The number of hydrogen-bond donors (Lipinski definition) is 1. The van der Waals surface area contributed by atoms with E-state index < -0.39 is 6.16 Å². The Morgan fingerprint density at radius 2 is 1.34 bits per heavy atom. The second kappa shape index (κ2) is 18.7. The molecule has 6 nitrogen and oxygen atoms in total. The number of para-hydroxylation sites is 1. The summed E-state index contributed by atoms with van der Waals surface area (Å²) in [7, 11) is 1.87. The van der Waals surface area contributed by atoms with E-state index in [0.29, 0.717) is 5.88 Å². The highest BCUT2D eigenvalue weighted by Gasteiger charge is 2.26. The van der Waals surface area contributed by atoms with Crippen molar-refractivity contribution in [1.82, 2.24) is 9.88 Å². The van der Waals surface area contributed by atoms with Crippen molar-refractivity contribution in [2.24, 2.45) is 7.05 Å². The fraction of sp³-hybridized carbons (Fsp3) is 0.688. The van der Waals surface area contributed by atoms with E-state index in [0.717, 1.165) is 35.7 Å². The summed E-state index contributed by atoms with van der Waals surface area (Å²) in [6.07, 6.45) is 19.8. The molecule has 0 bridgehead atoms. The highest BCUT2D eigenvalue weighted by Crippen LogP contribution is 2.38. The van der Waals surface area contributed by atoms with Crippen LogP contribution < -0.4 is 10.1 Å². The first-order valence-electron chi connectivity index (χ1n) is 15.2. The summed E-state index contributed by atoms with van der Waals surface area (Å²) in [6, 6.07) is 7.71. The van der Waals surface area contributed by atoms with Crippen LogP contribution in [0.4, 0.5) is 4.79 Å². The molecule has 1 N–H and O–H groups in total. The lowest BCUT2D eigenvalue weighted by Gasteiger charge is -2.19. The van der Waals surface area contributed by atoms with Gasteiger partial charge in [0.05, 0.1) is 18.2 Å². The Kier molecular flexibility index (Phi) is 15.6. The van der Waals surface area contributed by atoms with Crippen LogP contribution in [-0.2, 0) is 16.6 Å². The van der Waals surface area contributed by atoms with Gasteiger partial charge in [-0.2, -0.15) is 0 Å². The third-order valence-corrected chi connectivity index (χ3v) is 7.36. The molecule has 2 rings (SSSR count). The molecule has 214 valence electrons. The monoisotopic (exact) mass is 528 g/mol. The van der Waals surface area contributed by atoms with Crippen molar-refractivity contribution in [2.75, 3.05) is 6.61 Å². The Balaban J connectivity index is 1.81. The van der Waals surface area contributed by atoms with Crippen LogP contribution in [0.25, 0.3) is 10.9 Å². The second-order valence-corrected chi connectivity index (χ2v) is 10.6. The van der Waals surface area contributed by atoms with Gasteiger partial charge in [0.1, 0.15) is 0 Å². The van der Waals surface area contributed by atoms with Crippen LogP contribution in [-0.4, -0.2) is 23.2 Å². The number of nitrogens with one attached hydrogen (secondary N) is 1. The molecule has 1 aromatic carbocycles. The minimum atomic E-state index is -0.729. The molecule has 1 amide bonds. The largest absolute Gasteiger partial charge is 0.515 e. The number of rotatable bonds is 20. The van der Waals surface area contributed by atoms with Crippen LogP contribution in [0.5, 0.6) is 5.88 Å². The van der Waals surface area contributed by atoms with Gasteiger partial charge in [0.2, 0.25) is 11.8 Å². The normalized spacial score (nSPS) is 12.0. The van der Waals surface area contributed by atoms with Gasteiger partial charge in [-0.3, -0.25) is 4.79 Å². The number of aromatic nitrogens is 1. The highest BCUT2D eigenvalue weighted by molar-refractivity contribution is 5.89. The number of carbonyl (C=O) groups is 2. The molecule has 0 saturated carbocycles. The van der Waals surface area contributed by atoms with E-state index in [9.17, 15) is 9.59 Å². The molecule has 0 radical (unpaired) electrons. The number of unbranched alkanes of at least 4 members (excludes halogenated alkanes) is 14. The molecule has 38 heavy (non-hydrogen) atoms. The van der Waals surface area contributed by atoms with Crippen molar-refractivity contribution >= 4 is 23.0 Å². The zero-order valence-corrected chi connectivity index (χ0v) is 24.5. The van der Waals surface area contributed by atoms with Gasteiger partial charge in [0.25, 0.3) is 0 Å². The molecule has 0 aliphatic heterocycles. The predicted molar refractivity (Wildman–Crippen MR) is 157 cm³/mol. The molecule has 6 heteroatoms. The van der Waals surface area contributed by atoms with Crippen LogP contribution in [0, 0.1) is 0 Å². The lowest BCUT2D eigenvalue weighted by molar-refractivity contribution is -0.119. The molecule has 1 aromatic heterocycles. The summed E-state index contributed by atoms with van der Waals surface area (Å²) in [5.74, 6) is 0.343. The highest BCUT2D eigenvalue weighted by atomic mass is 16.7. The maximum atomic E-state index is 12.2.